The lowest BCUT2D eigenvalue weighted by Gasteiger charge is -2.09. The minimum Gasteiger partial charge on any atom is -0.0683 e. The summed E-state index contributed by atoms with van der Waals surface area (Å²) < 4.78 is 0. The Hall–Kier alpha value is -0.780. The summed E-state index contributed by atoms with van der Waals surface area (Å²) in [5, 5.41) is 0. The molecule has 0 aromatic heterocycles. The van der Waals surface area contributed by atoms with Crippen LogP contribution in [-0.2, 0) is 6.42 Å². The Labute approximate surface area is 94.7 Å². The van der Waals surface area contributed by atoms with Gasteiger partial charge in [0.15, 0.2) is 0 Å². The average molecular weight is 204 g/mol. The Balaban J connectivity index is 0.000000531. The Morgan fingerprint density at radius 1 is 1.20 bits per heavy atom. The van der Waals surface area contributed by atoms with E-state index in [4.69, 9.17) is 0 Å². The molecule has 1 aromatic carbocycles. The molecule has 1 unspecified atom stereocenters. The Kier molecular flexibility index (Phi) is 4.38. The molecule has 0 nitrogen and oxygen atoms in total. The molecule has 0 N–H and O–H groups in total. The summed E-state index contributed by atoms with van der Waals surface area (Å²) in [6.45, 7) is 10.9. The molecule has 0 amide bonds. The summed E-state index contributed by atoms with van der Waals surface area (Å²) >= 11 is 0. The summed E-state index contributed by atoms with van der Waals surface area (Å²) in [7, 11) is 0. The van der Waals surface area contributed by atoms with Crippen molar-refractivity contribution in [1.29, 1.82) is 0 Å². The number of hydrogen-bond acceptors (Lipinski definition) is 0. The van der Waals surface area contributed by atoms with Crippen LogP contribution < -0.4 is 0 Å². The van der Waals surface area contributed by atoms with Crippen LogP contribution in [0.3, 0.4) is 0 Å². The van der Waals surface area contributed by atoms with Crippen molar-refractivity contribution in [3.8, 4) is 0 Å². The highest BCUT2D eigenvalue weighted by atomic mass is 14.2. The minimum atomic E-state index is 0.668. The number of benzene rings is 1. The van der Waals surface area contributed by atoms with Gasteiger partial charge in [-0.25, -0.2) is 0 Å². The SMILES string of the molecule is CC.CC(C)c1ccc2c(c1)CCC2C. The van der Waals surface area contributed by atoms with Gasteiger partial charge in [-0.2, -0.15) is 0 Å². The fourth-order valence-corrected chi connectivity index (χ4v) is 2.21. The van der Waals surface area contributed by atoms with E-state index in [-0.39, 0.29) is 0 Å². The van der Waals surface area contributed by atoms with Gasteiger partial charge in [0.25, 0.3) is 0 Å². The molecule has 0 heteroatoms. The quantitative estimate of drug-likeness (QED) is 0.611. The third-order valence-electron chi connectivity index (χ3n) is 3.21. The Morgan fingerprint density at radius 3 is 2.47 bits per heavy atom. The fraction of sp³-hybridized carbons (Fsp3) is 0.600. The Bertz CT molecular complexity index is 310. The van der Waals surface area contributed by atoms with Gasteiger partial charge in [-0.15, -0.1) is 0 Å². The number of hydrogen-bond donors (Lipinski definition) is 0. The van der Waals surface area contributed by atoms with Crippen LogP contribution in [0, 0.1) is 0 Å². The zero-order chi connectivity index (χ0) is 11.4. The fourth-order valence-electron chi connectivity index (χ4n) is 2.21. The van der Waals surface area contributed by atoms with Crippen molar-refractivity contribution in [3.05, 3.63) is 34.9 Å². The lowest BCUT2D eigenvalue weighted by molar-refractivity contribution is 0.747. The molecule has 2 rings (SSSR count). The number of fused-ring (bicyclic) bond motifs is 1. The van der Waals surface area contributed by atoms with E-state index in [2.05, 4.69) is 39.0 Å². The maximum atomic E-state index is 2.41. The van der Waals surface area contributed by atoms with E-state index >= 15 is 0 Å². The molecule has 1 aliphatic carbocycles. The van der Waals surface area contributed by atoms with Crippen LogP contribution in [0.5, 0.6) is 0 Å². The van der Waals surface area contributed by atoms with Crippen molar-refractivity contribution < 1.29 is 0 Å². The van der Waals surface area contributed by atoms with E-state index in [0.717, 1.165) is 5.92 Å². The molecular formula is C15H24. The molecule has 15 heavy (non-hydrogen) atoms. The maximum absolute atomic E-state index is 2.41. The third-order valence-corrected chi connectivity index (χ3v) is 3.21. The predicted octanol–water partition coefficient (Wildman–Crippen LogP) is 4.89. The monoisotopic (exact) mass is 204 g/mol. The van der Waals surface area contributed by atoms with E-state index in [0.29, 0.717) is 5.92 Å². The van der Waals surface area contributed by atoms with Crippen molar-refractivity contribution in [2.24, 2.45) is 0 Å². The lowest BCUT2D eigenvalue weighted by atomic mass is 9.97. The van der Waals surface area contributed by atoms with Crippen LogP contribution in [-0.4, -0.2) is 0 Å². The summed E-state index contributed by atoms with van der Waals surface area (Å²) in [6.07, 6.45) is 2.63. The van der Waals surface area contributed by atoms with Gasteiger partial charge < -0.3 is 0 Å². The van der Waals surface area contributed by atoms with Crippen molar-refractivity contribution in [2.75, 3.05) is 0 Å². The molecule has 0 saturated heterocycles. The predicted molar refractivity (Wildman–Crippen MR) is 68.6 cm³/mol. The molecule has 84 valence electrons. The first-order valence-corrected chi connectivity index (χ1v) is 6.31. The zero-order valence-corrected chi connectivity index (χ0v) is 10.8. The highest BCUT2D eigenvalue weighted by Crippen LogP contribution is 2.34. The molecule has 0 heterocycles. The second-order valence-corrected chi connectivity index (χ2v) is 4.55. The van der Waals surface area contributed by atoms with Gasteiger partial charge in [0, 0.05) is 0 Å². The van der Waals surface area contributed by atoms with E-state index < -0.39 is 0 Å². The molecule has 0 saturated carbocycles. The highest BCUT2D eigenvalue weighted by Gasteiger charge is 2.18. The summed E-state index contributed by atoms with van der Waals surface area (Å²) in [5.74, 6) is 1.46. The molecular weight excluding hydrogens is 180 g/mol. The molecule has 1 atom stereocenters. The first-order chi connectivity index (χ1) is 7.18. The smallest absolute Gasteiger partial charge is 0.0184 e. The molecule has 1 aromatic rings. The van der Waals surface area contributed by atoms with Crippen LogP contribution >= 0.6 is 0 Å². The van der Waals surface area contributed by atoms with Crippen LogP contribution in [0.15, 0.2) is 18.2 Å². The zero-order valence-electron chi connectivity index (χ0n) is 10.8. The third kappa shape index (κ3) is 2.62. The van der Waals surface area contributed by atoms with E-state index in [1.54, 1.807) is 11.1 Å². The van der Waals surface area contributed by atoms with Crippen LogP contribution in [0.2, 0.25) is 0 Å². The number of rotatable bonds is 1. The van der Waals surface area contributed by atoms with Crippen molar-refractivity contribution in [2.45, 2.75) is 59.3 Å². The van der Waals surface area contributed by atoms with Gasteiger partial charge in [-0.05, 0) is 41.4 Å². The van der Waals surface area contributed by atoms with Crippen LogP contribution in [0.4, 0.5) is 0 Å². The standard InChI is InChI=1S/C13H18.C2H6/c1-9(2)11-6-7-13-10(3)4-5-12(13)8-11;1-2/h6-10H,4-5H2,1-3H3;1-2H3. The summed E-state index contributed by atoms with van der Waals surface area (Å²) in [5.41, 5.74) is 4.68. The van der Waals surface area contributed by atoms with Gasteiger partial charge in [-0.3, -0.25) is 0 Å². The molecule has 0 spiro atoms. The minimum absolute atomic E-state index is 0.668. The van der Waals surface area contributed by atoms with E-state index in [1.807, 2.05) is 13.8 Å². The van der Waals surface area contributed by atoms with Crippen LogP contribution in [0.25, 0.3) is 0 Å². The van der Waals surface area contributed by atoms with Crippen molar-refractivity contribution in [1.82, 2.24) is 0 Å². The second kappa shape index (κ2) is 5.34. The van der Waals surface area contributed by atoms with Crippen molar-refractivity contribution in [3.63, 3.8) is 0 Å². The first-order valence-electron chi connectivity index (χ1n) is 6.31. The number of aryl methyl sites for hydroxylation is 1. The average Bonchev–Trinajstić information content (AvgIpc) is 2.63. The summed E-state index contributed by atoms with van der Waals surface area (Å²) in [4.78, 5) is 0. The molecule has 0 fully saturated rings. The Morgan fingerprint density at radius 2 is 1.87 bits per heavy atom. The van der Waals surface area contributed by atoms with Gasteiger partial charge in [0.1, 0.15) is 0 Å². The van der Waals surface area contributed by atoms with E-state index in [9.17, 15) is 0 Å². The maximum Gasteiger partial charge on any atom is -0.0184 e. The second-order valence-electron chi connectivity index (χ2n) is 4.55. The molecule has 0 radical (unpaired) electrons. The van der Waals surface area contributed by atoms with E-state index in [1.165, 1.54) is 18.4 Å². The molecule has 0 aliphatic heterocycles. The molecule has 1 aliphatic rings. The van der Waals surface area contributed by atoms with Crippen LogP contribution in [0.1, 0.15) is 69.6 Å². The topological polar surface area (TPSA) is 0 Å². The van der Waals surface area contributed by atoms with Gasteiger partial charge in [0.2, 0.25) is 0 Å². The van der Waals surface area contributed by atoms with Gasteiger partial charge >= 0.3 is 0 Å². The summed E-state index contributed by atoms with van der Waals surface area (Å²) in [6, 6.07) is 7.04. The van der Waals surface area contributed by atoms with Gasteiger partial charge in [-0.1, -0.05) is 52.8 Å². The van der Waals surface area contributed by atoms with Crippen molar-refractivity contribution >= 4 is 0 Å². The molecule has 0 bridgehead atoms. The largest absolute Gasteiger partial charge is 0.0683 e. The highest BCUT2D eigenvalue weighted by molar-refractivity contribution is 5.38. The first kappa shape index (κ1) is 12.3. The van der Waals surface area contributed by atoms with Gasteiger partial charge in [0.05, 0.1) is 0 Å². The normalized spacial score (nSPS) is 18.4. The lowest BCUT2D eigenvalue weighted by Crippen LogP contribution is -1.91.